The number of hydrogen-bond donors (Lipinski definition) is 0. The molecule has 5 rings (SSSR count). The lowest BCUT2D eigenvalue weighted by Crippen LogP contribution is -2.59. The summed E-state index contributed by atoms with van der Waals surface area (Å²) in [6.07, 6.45) is 12.6. The highest BCUT2D eigenvalue weighted by molar-refractivity contribution is 6.04. The zero-order valence-electron chi connectivity index (χ0n) is 28.3. The molecule has 1 heterocycles. The predicted octanol–water partition coefficient (Wildman–Crippen LogP) is 8.83. The molecule has 1 aromatic heterocycles. The first kappa shape index (κ1) is 31.9. The molecule has 2 fully saturated rings. The van der Waals surface area contributed by atoms with Gasteiger partial charge in [-0.25, -0.2) is 0 Å². The zero-order chi connectivity index (χ0) is 31.8. The topological polar surface area (TPSA) is 96.8 Å². The summed E-state index contributed by atoms with van der Waals surface area (Å²) in [6, 6.07) is 2.20. The Bertz CT molecular complexity index is 1420. The van der Waals surface area contributed by atoms with Gasteiger partial charge in [0.15, 0.2) is 11.6 Å². The smallest absolute Gasteiger partial charge is 0.222 e. The van der Waals surface area contributed by atoms with Crippen LogP contribution in [0.15, 0.2) is 27.7 Å². The van der Waals surface area contributed by atoms with Gasteiger partial charge >= 0.3 is 0 Å². The van der Waals surface area contributed by atoms with Crippen molar-refractivity contribution in [3.8, 4) is 6.07 Å². The van der Waals surface area contributed by atoms with E-state index >= 15 is 0 Å². The Morgan fingerprint density at radius 1 is 1.02 bits per heavy atom. The molecule has 6 nitrogen and oxygen atoms in total. The lowest BCUT2D eigenvalue weighted by atomic mass is 9.39. The van der Waals surface area contributed by atoms with Crippen molar-refractivity contribution < 1.29 is 14.0 Å². The van der Waals surface area contributed by atoms with E-state index in [-0.39, 0.29) is 50.6 Å². The molecule has 2 saturated carbocycles. The zero-order valence-corrected chi connectivity index (χ0v) is 28.3. The van der Waals surface area contributed by atoms with E-state index in [4.69, 9.17) is 4.42 Å². The van der Waals surface area contributed by atoms with E-state index in [0.29, 0.717) is 5.92 Å². The average molecular weight is 588 g/mol. The number of Topliss-reactive ketones (excluding diaryl/α,β-unsaturated/α-hetero) is 1. The summed E-state index contributed by atoms with van der Waals surface area (Å²) in [6.45, 7) is 22.1. The molecule has 1 unspecified atom stereocenters. The number of allylic oxidation sites excluding steroid dienone is 4. The maximum absolute atomic E-state index is 13.9. The highest BCUT2D eigenvalue weighted by atomic mass is 16.4. The van der Waals surface area contributed by atoms with Gasteiger partial charge in [0.25, 0.3) is 0 Å². The molecule has 0 bridgehead atoms. The third-order valence-corrected chi connectivity index (χ3v) is 13.4. The second-order valence-electron chi connectivity index (χ2n) is 16.8. The molecule has 1 aromatic rings. The van der Waals surface area contributed by atoms with Crippen LogP contribution in [0.5, 0.6) is 0 Å². The summed E-state index contributed by atoms with van der Waals surface area (Å²) in [4.78, 5) is 27.2. The molecule has 4 aliphatic carbocycles. The SMILES string of the molecule is CCC(C)(C)CC[C@@](C)(CC[C@]1(C)C(C)C(=O)C=C2[C@@]3(C)C=C(C#N)C(=O)C(C)(C)[C@@H]3CC[C@]21C)c1nnc(C2CC2)o1. The second kappa shape index (κ2) is 10.2. The Labute approximate surface area is 259 Å². The summed E-state index contributed by atoms with van der Waals surface area (Å²) in [5.41, 5.74) is -0.540. The highest BCUT2D eigenvalue weighted by Gasteiger charge is 2.65. The normalized spacial score (nSPS) is 35.3. The molecule has 4 aliphatic rings. The van der Waals surface area contributed by atoms with Gasteiger partial charge in [0.05, 0.1) is 5.57 Å². The van der Waals surface area contributed by atoms with Crippen molar-refractivity contribution in [2.24, 2.45) is 38.9 Å². The number of rotatable bonds is 9. The van der Waals surface area contributed by atoms with Crippen LogP contribution in [-0.4, -0.2) is 21.8 Å². The Kier molecular flexibility index (Phi) is 7.59. The Balaban J connectivity index is 1.53. The summed E-state index contributed by atoms with van der Waals surface area (Å²) in [5.74, 6) is 1.89. The molecule has 6 heteroatoms. The molecule has 43 heavy (non-hydrogen) atoms. The van der Waals surface area contributed by atoms with Crippen molar-refractivity contribution >= 4 is 11.6 Å². The summed E-state index contributed by atoms with van der Waals surface area (Å²) < 4.78 is 6.40. The molecule has 0 saturated heterocycles. The van der Waals surface area contributed by atoms with Gasteiger partial charge in [0.1, 0.15) is 6.07 Å². The molecule has 0 spiro atoms. The molecule has 0 amide bonds. The van der Waals surface area contributed by atoms with Crippen LogP contribution in [-0.2, 0) is 15.0 Å². The number of hydrogen-bond acceptors (Lipinski definition) is 6. The molecule has 0 aromatic carbocycles. The molecule has 6 atom stereocenters. The van der Waals surface area contributed by atoms with Crippen LogP contribution >= 0.6 is 0 Å². The predicted molar refractivity (Wildman–Crippen MR) is 168 cm³/mol. The van der Waals surface area contributed by atoms with E-state index < -0.39 is 10.8 Å². The van der Waals surface area contributed by atoms with Crippen molar-refractivity contribution in [3.05, 3.63) is 35.1 Å². The van der Waals surface area contributed by atoms with Gasteiger partial charge in [-0.1, -0.05) is 87.3 Å². The van der Waals surface area contributed by atoms with Crippen molar-refractivity contribution in [1.82, 2.24) is 10.2 Å². The van der Waals surface area contributed by atoms with E-state index in [1.165, 1.54) is 0 Å². The minimum absolute atomic E-state index is 0.0372. The molecule has 0 aliphatic heterocycles. The lowest BCUT2D eigenvalue weighted by molar-refractivity contribution is -0.137. The Morgan fingerprint density at radius 3 is 2.30 bits per heavy atom. The summed E-state index contributed by atoms with van der Waals surface area (Å²) in [5, 5.41) is 19.1. The van der Waals surface area contributed by atoms with Gasteiger partial charge < -0.3 is 4.42 Å². The van der Waals surface area contributed by atoms with E-state index in [2.05, 4.69) is 71.7 Å². The maximum atomic E-state index is 13.9. The number of nitriles is 1. The van der Waals surface area contributed by atoms with Crippen LogP contribution in [0.4, 0.5) is 0 Å². The fourth-order valence-corrected chi connectivity index (χ4v) is 8.99. The number of ketones is 2. The first-order valence-electron chi connectivity index (χ1n) is 16.7. The molecule has 0 N–H and O–H groups in total. The van der Waals surface area contributed by atoms with Gasteiger partial charge in [-0.15, -0.1) is 10.2 Å². The van der Waals surface area contributed by atoms with Gasteiger partial charge in [-0.2, -0.15) is 5.26 Å². The van der Waals surface area contributed by atoms with Crippen molar-refractivity contribution in [2.45, 2.75) is 138 Å². The van der Waals surface area contributed by atoms with Crippen LogP contribution in [0.2, 0.25) is 0 Å². The quantitative estimate of drug-likeness (QED) is 0.286. The molecular formula is C37H53N3O3. The van der Waals surface area contributed by atoms with E-state index in [1.807, 2.05) is 26.0 Å². The number of carbonyl (C=O) groups is 2. The van der Waals surface area contributed by atoms with Gasteiger partial charge in [0.2, 0.25) is 11.8 Å². The van der Waals surface area contributed by atoms with Crippen molar-refractivity contribution in [3.63, 3.8) is 0 Å². The largest absolute Gasteiger partial charge is 0.424 e. The van der Waals surface area contributed by atoms with Crippen LogP contribution in [0.25, 0.3) is 0 Å². The summed E-state index contributed by atoms with van der Waals surface area (Å²) in [7, 11) is 0. The van der Waals surface area contributed by atoms with Crippen LogP contribution in [0.1, 0.15) is 145 Å². The lowest BCUT2D eigenvalue weighted by Gasteiger charge is -2.64. The van der Waals surface area contributed by atoms with Crippen molar-refractivity contribution in [1.29, 1.82) is 5.26 Å². The van der Waals surface area contributed by atoms with Gasteiger partial charge in [-0.05, 0) is 79.6 Å². The monoisotopic (exact) mass is 587 g/mol. The highest BCUT2D eigenvalue weighted by Crippen LogP contribution is 2.70. The first-order chi connectivity index (χ1) is 19.9. The maximum Gasteiger partial charge on any atom is 0.222 e. The fraction of sp³-hybridized carbons (Fsp3) is 0.757. The van der Waals surface area contributed by atoms with Crippen LogP contribution in [0, 0.1) is 50.2 Å². The number of nitrogens with zero attached hydrogens (tertiary/aromatic N) is 3. The average Bonchev–Trinajstić information content (AvgIpc) is 3.69. The van der Waals surface area contributed by atoms with Crippen LogP contribution in [0.3, 0.4) is 0 Å². The Morgan fingerprint density at radius 2 is 1.70 bits per heavy atom. The molecule has 234 valence electrons. The fourth-order valence-electron chi connectivity index (χ4n) is 8.99. The van der Waals surface area contributed by atoms with Gasteiger partial charge in [-0.3, -0.25) is 9.59 Å². The Hall–Kier alpha value is -2.55. The second-order valence-corrected chi connectivity index (χ2v) is 16.8. The van der Waals surface area contributed by atoms with E-state index in [0.717, 1.165) is 75.1 Å². The van der Waals surface area contributed by atoms with Gasteiger partial charge in [0, 0.05) is 28.1 Å². The molecule has 0 radical (unpaired) electrons. The summed E-state index contributed by atoms with van der Waals surface area (Å²) >= 11 is 0. The minimum atomic E-state index is -0.666. The van der Waals surface area contributed by atoms with E-state index in [1.54, 1.807) is 0 Å². The number of carbonyl (C=O) groups excluding carboxylic acids is 2. The van der Waals surface area contributed by atoms with Crippen LogP contribution < -0.4 is 0 Å². The van der Waals surface area contributed by atoms with E-state index in [9.17, 15) is 14.9 Å². The first-order valence-corrected chi connectivity index (χ1v) is 16.7. The minimum Gasteiger partial charge on any atom is -0.424 e. The van der Waals surface area contributed by atoms with Crippen molar-refractivity contribution in [2.75, 3.05) is 0 Å². The number of aromatic nitrogens is 2. The third-order valence-electron chi connectivity index (χ3n) is 13.4. The third kappa shape index (κ3) is 4.88. The standard InChI is InChI=1S/C37H53N3O3/c1-11-32(3,4)16-17-34(7,31-40-39-30(43-31)24-12-13-24)18-19-36(9)23(2)26(41)20-28-35(8)21-25(22-38)29(42)33(5,6)27(35)14-15-37(28,36)10/h20-21,23-24,27H,11-19H2,1-10H3/t23?,27-,34-,35-,36+,37+/m0/s1. The number of fused-ring (bicyclic) bond motifs is 3. The molecular weight excluding hydrogens is 534 g/mol.